The summed E-state index contributed by atoms with van der Waals surface area (Å²) in [5.74, 6) is -2.88. The van der Waals surface area contributed by atoms with Crippen LogP contribution in [0.2, 0.25) is 0 Å². The van der Waals surface area contributed by atoms with Gasteiger partial charge in [0.15, 0.2) is 5.82 Å². The quantitative estimate of drug-likeness (QED) is 0.263. The first kappa shape index (κ1) is 34.7. The van der Waals surface area contributed by atoms with Gasteiger partial charge in [-0.25, -0.2) is 22.0 Å². The summed E-state index contributed by atoms with van der Waals surface area (Å²) in [4.78, 5) is 29.3. The van der Waals surface area contributed by atoms with Gasteiger partial charge in [-0.3, -0.25) is 4.79 Å². The number of hydrogen-bond acceptors (Lipinski definition) is 9. The highest BCUT2D eigenvalue weighted by Gasteiger charge is 2.35. The van der Waals surface area contributed by atoms with Gasteiger partial charge in [0, 0.05) is 75.3 Å². The average molecular weight is 664 g/mol. The first-order chi connectivity index (χ1) is 21.6. The Morgan fingerprint density at radius 3 is 2.39 bits per heavy atom. The van der Waals surface area contributed by atoms with Gasteiger partial charge in [-0.15, -0.1) is 5.10 Å². The Hall–Kier alpha value is -4.12. The van der Waals surface area contributed by atoms with Gasteiger partial charge in [-0.05, 0) is 58.3 Å². The third kappa shape index (κ3) is 7.63. The molecular formula is C30H39F2N7O6S. The summed E-state index contributed by atoms with van der Waals surface area (Å²) < 4.78 is 61.3. The normalized spacial score (nSPS) is 14.9. The molecule has 13 nitrogen and oxygen atoms in total. The number of anilines is 3. The van der Waals surface area contributed by atoms with Crippen molar-refractivity contribution in [3.8, 4) is 0 Å². The van der Waals surface area contributed by atoms with Gasteiger partial charge in [-0.2, -0.15) is 8.99 Å². The summed E-state index contributed by atoms with van der Waals surface area (Å²) in [6, 6.07) is 7.31. The van der Waals surface area contributed by atoms with Crippen molar-refractivity contribution in [3.63, 3.8) is 0 Å². The van der Waals surface area contributed by atoms with Crippen LogP contribution >= 0.6 is 0 Å². The molecule has 1 aliphatic heterocycles. The second-order valence-corrected chi connectivity index (χ2v) is 13.5. The molecule has 0 fully saturated rings. The van der Waals surface area contributed by atoms with E-state index in [1.165, 1.54) is 0 Å². The number of methoxy groups -OCH3 is 1. The van der Waals surface area contributed by atoms with Crippen molar-refractivity contribution in [1.82, 2.24) is 19.0 Å². The fourth-order valence-electron chi connectivity index (χ4n) is 5.17. The van der Waals surface area contributed by atoms with E-state index in [4.69, 9.17) is 4.74 Å². The molecule has 3 N–H and O–H groups in total. The Morgan fingerprint density at radius 1 is 1.11 bits per heavy atom. The summed E-state index contributed by atoms with van der Waals surface area (Å²) >= 11 is 0. The smallest absolute Gasteiger partial charge is 0.432 e. The van der Waals surface area contributed by atoms with E-state index in [-0.39, 0.29) is 54.2 Å². The number of carbonyl (C=O) groups excluding carboxylic acids is 1. The molecule has 4 rings (SSSR count). The lowest BCUT2D eigenvalue weighted by Gasteiger charge is -2.28. The number of nitrogens with one attached hydrogen (secondary N) is 2. The van der Waals surface area contributed by atoms with Crippen LogP contribution in [-0.4, -0.2) is 105 Å². The first-order valence-corrected chi connectivity index (χ1v) is 15.9. The van der Waals surface area contributed by atoms with Crippen LogP contribution in [0.15, 0.2) is 41.3 Å². The van der Waals surface area contributed by atoms with Gasteiger partial charge in [0.25, 0.3) is 5.91 Å². The molecule has 3 aromatic rings. The molecule has 1 aliphatic rings. The highest BCUT2D eigenvalue weighted by Crippen LogP contribution is 2.32. The number of aromatic nitrogens is 2. The molecule has 0 saturated heterocycles. The number of sulfonamides is 1. The molecule has 2 atom stereocenters. The van der Waals surface area contributed by atoms with Gasteiger partial charge in [-0.1, -0.05) is 0 Å². The molecule has 1 unspecified atom stereocenters. The van der Waals surface area contributed by atoms with Crippen molar-refractivity contribution in [3.05, 3.63) is 64.9 Å². The molecule has 2 aromatic carbocycles. The van der Waals surface area contributed by atoms with Crippen LogP contribution < -0.4 is 15.5 Å². The van der Waals surface area contributed by atoms with E-state index in [1.807, 2.05) is 34.1 Å². The summed E-state index contributed by atoms with van der Waals surface area (Å²) in [7, 11) is 3.11. The van der Waals surface area contributed by atoms with Crippen molar-refractivity contribution in [1.29, 1.82) is 0 Å². The zero-order chi connectivity index (χ0) is 33.9. The molecule has 0 saturated carbocycles. The maximum Gasteiger partial charge on any atom is 0.432 e. The maximum atomic E-state index is 13.9. The average Bonchev–Trinajstić information content (AvgIpc) is 3.34. The summed E-state index contributed by atoms with van der Waals surface area (Å²) in [6.07, 6.45) is -1.50. The first-order valence-electron chi connectivity index (χ1n) is 14.5. The number of ether oxygens (including phenoxy) is 1. The molecule has 250 valence electrons. The number of nitrogens with zero attached hydrogens (tertiary/aromatic N) is 5. The minimum absolute atomic E-state index is 0.0741. The Morgan fingerprint density at radius 2 is 1.78 bits per heavy atom. The standard InChI is InChI=1S/C30H39F2N7O6S/c1-18(17-45-6)33-26-14-22(37(5)15-19(2)36(3)4)7-8-24(26)29(40)34-28-25-16-38(10-9-27(25)39(35-28)30(41)42)46(43,44)23-12-20(31)11-21(32)13-23/h7-8,11-14,18-19,33H,9-10,15-17H2,1-6H3,(H,41,42)(H,34,35,40)/t18?,19-/m1/s1. The van der Waals surface area contributed by atoms with Gasteiger partial charge in [0.1, 0.15) is 11.6 Å². The highest BCUT2D eigenvalue weighted by molar-refractivity contribution is 7.89. The number of amides is 1. The third-order valence-electron chi connectivity index (χ3n) is 7.84. The largest absolute Gasteiger partial charge is 0.463 e. The molecule has 16 heteroatoms. The number of halogens is 2. The van der Waals surface area contributed by atoms with Crippen molar-refractivity contribution < 1.29 is 36.6 Å². The van der Waals surface area contributed by atoms with E-state index in [0.29, 0.717) is 41.7 Å². The minimum atomic E-state index is -4.38. The second kappa shape index (κ2) is 14.1. The van der Waals surface area contributed by atoms with E-state index in [9.17, 15) is 31.9 Å². The lowest BCUT2D eigenvalue weighted by Crippen LogP contribution is -2.37. The lowest BCUT2D eigenvalue weighted by atomic mass is 10.1. The Labute approximate surface area is 266 Å². The number of benzene rings is 2. The molecule has 0 bridgehead atoms. The molecule has 0 radical (unpaired) electrons. The number of likely N-dealkylation sites (N-methyl/N-ethyl adjacent to an activating group) is 2. The second-order valence-electron chi connectivity index (χ2n) is 11.5. The Kier molecular flexibility index (Phi) is 10.7. The number of hydrogen-bond donors (Lipinski definition) is 3. The lowest BCUT2D eigenvalue weighted by molar-refractivity contribution is 0.102. The summed E-state index contributed by atoms with van der Waals surface area (Å²) in [5, 5.41) is 19.8. The summed E-state index contributed by atoms with van der Waals surface area (Å²) in [6.45, 7) is 4.49. The van der Waals surface area contributed by atoms with E-state index in [0.717, 1.165) is 9.99 Å². The van der Waals surface area contributed by atoms with E-state index < -0.39 is 38.6 Å². The fraction of sp³-hybridized carbons (Fsp3) is 0.433. The van der Waals surface area contributed by atoms with E-state index in [1.54, 1.807) is 19.2 Å². The van der Waals surface area contributed by atoms with Gasteiger partial charge < -0.3 is 30.3 Å². The van der Waals surface area contributed by atoms with Crippen molar-refractivity contribution in [2.24, 2.45) is 0 Å². The predicted octanol–water partition coefficient (Wildman–Crippen LogP) is 3.52. The van der Waals surface area contributed by atoms with Crippen LogP contribution in [0.5, 0.6) is 0 Å². The number of rotatable bonds is 12. The number of carboxylic acid groups (broad SMARTS) is 1. The topological polar surface area (TPSA) is 149 Å². The van der Waals surface area contributed by atoms with Crippen LogP contribution in [0.3, 0.4) is 0 Å². The van der Waals surface area contributed by atoms with Gasteiger partial charge in [0.2, 0.25) is 10.0 Å². The van der Waals surface area contributed by atoms with Crippen LogP contribution in [0.1, 0.15) is 35.5 Å². The monoisotopic (exact) mass is 663 g/mol. The SMILES string of the molecule is COCC(C)Nc1cc(N(C)C[C@@H](C)N(C)C)ccc1C(=O)Nc1nn(C(=O)O)c2c1CN(S(=O)(=O)c1cc(F)cc(F)c1)CC2. The van der Waals surface area contributed by atoms with Crippen molar-refractivity contribution >= 4 is 39.2 Å². The zero-order valence-corrected chi connectivity index (χ0v) is 27.4. The predicted molar refractivity (Wildman–Crippen MR) is 169 cm³/mol. The van der Waals surface area contributed by atoms with E-state index >= 15 is 0 Å². The van der Waals surface area contributed by atoms with Crippen LogP contribution in [0.25, 0.3) is 0 Å². The third-order valence-corrected chi connectivity index (χ3v) is 9.66. The summed E-state index contributed by atoms with van der Waals surface area (Å²) in [5.41, 5.74) is 1.92. The number of carbonyl (C=O) groups is 2. The molecule has 1 aromatic heterocycles. The van der Waals surface area contributed by atoms with Crippen molar-refractivity contribution in [2.45, 2.75) is 43.8 Å². The van der Waals surface area contributed by atoms with Crippen LogP contribution in [0, 0.1) is 11.6 Å². The Bertz CT molecular complexity index is 1700. The maximum absolute atomic E-state index is 13.9. The van der Waals surface area contributed by atoms with E-state index in [2.05, 4.69) is 32.5 Å². The van der Waals surface area contributed by atoms with Crippen LogP contribution in [-0.2, 0) is 27.7 Å². The van der Waals surface area contributed by atoms with Crippen LogP contribution in [0.4, 0.5) is 30.8 Å². The molecule has 0 spiro atoms. The molecule has 2 heterocycles. The highest BCUT2D eigenvalue weighted by atomic mass is 32.2. The minimum Gasteiger partial charge on any atom is -0.463 e. The number of fused-ring (bicyclic) bond motifs is 1. The molecule has 0 aliphatic carbocycles. The molecular weight excluding hydrogens is 624 g/mol. The zero-order valence-electron chi connectivity index (χ0n) is 26.5. The van der Waals surface area contributed by atoms with Crippen molar-refractivity contribution in [2.75, 3.05) is 63.5 Å². The fourth-order valence-corrected chi connectivity index (χ4v) is 6.62. The van der Waals surface area contributed by atoms with Gasteiger partial charge >= 0.3 is 6.09 Å². The molecule has 46 heavy (non-hydrogen) atoms. The van der Waals surface area contributed by atoms with Gasteiger partial charge in [0.05, 0.1) is 22.8 Å². The molecule has 1 amide bonds. The Balaban J connectivity index is 1.68.